The number of carbonyl (C=O) groups is 2. The van der Waals surface area contributed by atoms with Crippen LogP contribution in [0.5, 0.6) is 0 Å². The number of carbonyl (C=O) groups excluding carboxylic acids is 2. The van der Waals surface area contributed by atoms with Gasteiger partial charge >= 0.3 is 0 Å². The smallest absolute Gasteiger partial charge is 0.251 e. The Balaban J connectivity index is 1.52. The number of rotatable bonds is 6. The standard InChI is InChI=1S/C20H23N3O2/c1-23(2)18-11-7-15(8-12-18)19(24)21-13-14-3-9-17(10-4-14)22-20(25)16-5-6-16/h3-4,7-12,16H,5-6,13H2,1-2H3,(H,21,24)(H,22,25). The molecular formula is C20H23N3O2. The molecule has 1 fully saturated rings. The average Bonchev–Trinajstić information content (AvgIpc) is 3.46. The van der Waals surface area contributed by atoms with Gasteiger partial charge in [-0.25, -0.2) is 0 Å². The van der Waals surface area contributed by atoms with Gasteiger partial charge < -0.3 is 15.5 Å². The van der Waals surface area contributed by atoms with Crippen molar-refractivity contribution < 1.29 is 9.59 Å². The van der Waals surface area contributed by atoms with Crippen LogP contribution in [0.3, 0.4) is 0 Å². The molecule has 0 saturated heterocycles. The van der Waals surface area contributed by atoms with E-state index in [4.69, 9.17) is 0 Å². The predicted octanol–water partition coefficient (Wildman–Crippen LogP) is 3.03. The summed E-state index contributed by atoms with van der Waals surface area (Å²) in [4.78, 5) is 25.9. The van der Waals surface area contributed by atoms with Crippen molar-refractivity contribution in [1.29, 1.82) is 0 Å². The van der Waals surface area contributed by atoms with Crippen LogP contribution in [-0.4, -0.2) is 25.9 Å². The van der Waals surface area contributed by atoms with Gasteiger partial charge in [0.1, 0.15) is 0 Å². The summed E-state index contributed by atoms with van der Waals surface area (Å²) in [5.74, 6) is 0.191. The van der Waals surface area contributed by atoms with Gasteiger partial charge in [-0.15, -0.1) is 0 Å². The molecule has 1 aliphatic rings. The van der Waals surface area contributed by atoms with Crippen LogP contribution in [0.2, 0.25) is 0 Å². The minimum absolute atomic E-state index is 0.0993. The number of benzene rings is 2. The fraction of sp³-hybridized carbons (Fsp3) is 0.300. The van der Waals surface area contributed by atoms with E-state index in [1.165, 1.54) is 0 Å². The Morgan fingerprint density at radius 3 is 2.20 bits per heavy atom. The van der Waals surface area contributed by atoms with Gasteiger partial charge in [-0.1, -0.05) is 12.1 Å². The second kappa shape index (κ2) is 7.38. The number of nitrogens with zero attached hydrogens (tertiary/aromatic N) is 1. The lowest BCUT2D eigenvalue weighted by molar-refractivity contribution is -0.117. The van der Waals surface area contributed by atoms with Crippen LogP contribution >= 0.6 is 0 Å². The van der Waals surface area contributed by atoms with Gasteiger partial charge in [0.25, 0.3) is 5.91 Å². The van der Waals surface area contributed by atoms with Crippen LogP contribution in [0.15, 0.2) is 48.5 Å². The number of hydrogen-bond acceptors (Lipinski definition) is 3. The van der Waals surface area contributed by atoms with Crippen molar-refractivity contribution in [3.05, 3.63) is 59.7 Å². The van der Waals surface area contributed by atoms with Gasteiger partial charge in [0.05, 0.1) is 0 Å². The molecule has 3 rings (SSSR count). The fourth-order valence-electron chi connectivity index (χ4n) is 2.49. The van der Waals surface area contributed by atoms with E-state index in [1.807, 2.05) is 67.5 Å². The lowest BCUT2D eigenvalue weighted by Crippen LogP contribution is -2.22. The largest absolute Gasteiger partial charge is 0.378 e. The van der Waals surface area contributed by atoms with E-state index in [2.05, 4.69) is 10.6 Å². The van der Waals surface area contributed by atoms with E-state index in [0.29, 0.717) is 12.1 Å². The maximum atomic E-state index is 12.2. The Hall–Kier alpha value is -2.82. The first-order chi connectivity index (χ1) is 12.0. The van der Waals surface area contributed by atoms with Crippen molar-refractivity contribution >= 4 is 23.2 Å². The minimum Gasteiger partial charge on any atom is -0.378 e. The van der Waals surface area contributed by atoms with E-state index in [0.717, 1.165) is 29.8 Å². The van der Waals surface area contributed by atoms with Gasteiger partial charge in [-0.2, -0.15) is 0 Å². The Bertz CT molecular complexity index is 748. The quantitative estimate of drug-likeness (QED) is 0.852. The maximum absolute atomic E-state index is 12.2. The van der Waals surface area contributed by atoms with Crippen molar-refractivity contribution in [2.75, 3.05) is 24.3 Å². The van der Waals surface area contributed by atoms with Crippen LogP contribution in [0, 0.1) is 5.92 Å². The summed E-state index contributed by atoms with van der Waals surface area (Å²) in [6, 6.07) is 15.1. The van der Waals surface area contributed by atoms with Crippen LogP contribution in [0.25, 0.3) is 0 Å². The molecule has 0 spiro atoms. The fourth-order valence-corrected chi connectivity index (χ4v) is 2.49. The third kappa shape index (κ3) is 4.59. The molecule has 0 heterocycles. The molecule has 1 aliphatic carbocycles. The molecule has 0 radical (unpaired) electrons. The van der Waals surface area contributed by atoms with Crippen molar-refractivity contribution in [3.8, 4) is 0 Å². The molecule has 0 atom stereocenters. The highest BCUT2D eigenvalue weighted by Gasteiger charge is 2.29. The summed E-state index contributed by atoms with van der Waals surface area (Å²) in [6.45, 7) is 0.450. The maximum Gasteiger partial charge on any atom is 0.251 e. The summed E-state index contributed by atoms with van der Waals surface area (Å²) in [6.07, 6.45) is 1.98. The van der Waals surface area contributed by atoms with Crippen LogP contribution in [0.1, 0.15) is 28.8 Å². The van der Waals surface area contributed by atoms with Crippen molar-refractivity contribution in [3.63, 3.8) is 0 Å². The molecule has 25 heavy (non-hydrogen) atoms. The van der Waals surface area contributed by atoms with Crippen molar-refractivity contribution in [2.45, 2.75) is 19.4 Å². The second-order valence-electron chi connectivity index (χ2n) is 6.58. The third-order valence-corrected chi connectivity index (χ3v) is 4.27. The molecule has 5 nitrogen and oxygen atoms in total. The molecule has 0 aromatic heterocycles. The van der Waals surface area contributed by atoms with E-state index in [-0.39, 0.29) is 17.7 Å². The molecule has 130 valence electrons. The Morgan fingerprint density at radius 2 is 1.64 bits per heavy atom. The highest BCUT2D eigenvalue weighted by atomic mass is 16.2. The Morgan fingerprint density at radius 1 is 1.00 bits per heavy atom. The zero-order valence-electron chi connectivity index (χ0n) is 14.6. The molecule has 1 saturated carbocycles. The SMILES string of the molecule is CN(C)c1ccc(C(=O)NCc2ccc(NC(=O)C3CC3)cc2)cc1. The highest BCUT2D eigenvalue weighted by Crippen LogP contribution is 2.30. The van der Waals surface area contributed by atoms with Crippen molar-refractivity contribution in [2.24, 2.45) is 5.92 Å². The molecule has 0 unspecified atom stereocenters. The number of nitrogens with one attached hydrogen (secondary N) is 2. The number of anilines is 2. The van der Waals surface area contributed by atoms with Crippen molar-refractivity contribution in [1.82, 2.24) is 5.32 Å². The molecule has 2 amide bonds. The topological polar surface area (TPSA) is 61.4 Å². The summed E-state index contributed by atoms with van der Waals surface area (Å²) in [5, 5.41) is 5.82. The first kappa shape index (κ1) is 17.0. The summed E-state index contributed by atoms with van der Waals surface area (Å²) in [7, 11) is 3.93. The first-order valence-electron chi connectivity index (χ1n) is 8.48. The Labute approximate surface area is 148 Å². The minimum atomic E-state index is -0.101. The zero-order valence-corrected chi connectivity index (χ0v) is 14.6. The Kier molecular flexibility index (Phi) is 5.03. The van der Waals surface area contributed by atoms with Gasteiger partial charge in [0, 0.05) is 43.5 Å². The summed E-state index contributed by atoms with van der Waals surface area (Å²) in [5.41, 5.74) is 3.48. The molecule has 5 heteroatoms. The van der Waals surface area contributed by atoms with E-state index in [1.54, 1.807) is 0 Å². The molecule has 2 N–H and O–H groups in total. The van der Waals surface area contributed by atoms with Crippen LogP contribution in [-0.2, 0) is 11.3 Å². The molecule has 0 aliphatic heterocycles. The number of hydrogen-bond donors (Lipinski definition) is 2. The second-order valence-corrected chi connectivity index (χ2v) is 6.58. The van der Waals surface area contributed by atoms with Gasteiger partial charge in [0.15, 0.2) is 0 Å². The molecule has 2 aromatic carbocycles. The van der Waals surface area contributed by atoms with E-state index in [9.17, 15) is 9.59 Å². The number of amides is 2. The lowest BCUT2D eigenvalue weighted by Gasteiger charge is -2.12. The van der Waals surface area contributed by atoms with Gasteiger partial charge in [-0.05, 0) is 54.8 Å². The lowest BCUT2D eigenvalue weighted by atomic mass is 10.1. The molecule has 0 bridgehead atoms. The van der Waals surface area contributed by atoms with Crippen LogP contribution in [0.4, 0.5) is 11.4 Å². The van der Waals surface area contributed by atoms with Crippen LogP contribution < -0.4 is 15.5 Å². The zero-order chi connectivity index (χ0) is 17.8. The van der Waals surface area contributed by atoms with Gasteiger partial charge in [0.2, 0.25) is 5.91 Å². The highest BCUT2D eigenvalue weighted by molar-refractivity contribution is 5.95. The average molecular weight is 337 g/mol. The summed E-state index contributed by atoms with van der Waals surface area (Å²) < 4.78 is 0. The molecule has 2 aromatic rings. The third-order valence-electron chi connectivity index (χ3n) is 4.27. The normalized spacial score (nSPS) is 13.2. The monoisotopic (exact) mass is 337 g/mol. The predicted molar refractivity (Wildman–Crippen MR) is 99.7 cm³/mol. The summed E-state index contributed by atoms with van der Waals surface area (Å²) >= 11 is 0. The molecular weight excluding hydrogens is 314 g/mol. The van der Waals surface area contributed by atoms with E-state index >= 15 is 0 Å². The first-order valence-corrected chi connectivity index (χ1v) is 8.48. The van der Waals surface area contributed by atoms with E-state index < -0.39 is 0 Å². The van der Waals surface area contributed by atoms with Gasteiger partial charge in [-0.3, -0.25) is 9.59 Å².